The number of hydrogen-bond acceptors (Lipinski definition) is 2. The zero-order chi connectivity index (χ0) is 21.9. The molecule has 0 saturated heterocycles. The van der Waals surface area contributed by atoms with Crippen LogP contribution < -0.4 is 10.6 Å². The second-order valence-corrected chi connectivity index (χ2v) is 8.87. The van der Waals surface area contributed by atoms with E-state index in [-0.39, 0.29) is 11.8 Å². The van der Waals surface area contributed by atoms with Crippen LogP contribution in [0.15, 0.2) is 60.9 Å². The van der Waals surface area contributed by atoms with Gasteiger partial charge in [0.05, 0.1) is 0 Å². The zero-order valence-corrected chi connectivity index (χ0v) is 18.0. The highest BCUT2D eigenvalue weighted by Crippen LogP contribution is 2.28. The molecule has 0 unspecified atom stereocenters. The van der Waals surface area contributed by atoms with Crippen LogP contribution in [0.5, 0.6) is 0 Å². The van der Waals surface area contributed by atoms with Gasteiger partial charge in [-0.25, -0.2) is 0 Å². The molecule has 1 aliphatic rings. The molecule has 1 fully saturated rings. The highest BCUT2D eigenvalue weighted by atomic mass is 16.2. The largest absolute Gasteiger partial charge is 0.361 e. The molecule has 6 nitrogen and oxygen atoms in total. The molecule has 1 aliphatic carbocycles. The number of H-pyrrole nitrogens is 2. The Kier molecular flexibility index (Phi) is 5.67. The van der Waals surface area contributed by atoms with Gasteiger partial charge in [0.15, 0.2) is 0 Å². The number of fused-ring (bicyclic) bond motifs is 2. The number of carbonyl (C=O) groups is 2. The molecule has 4 N–H and O–H groups in total. The van der Waals surface area contributed by atoms with Gasteiger partial charge in [-0.15, -0.1) is 0 Å². The van der Waals surface area contributed by atoms with Crippen LogP contribution in [0.1, 0.15) is 46.4 Å². The highest BCUT2D eigenvalue weighted by Gasteiger charge is 2.22. The van der Waals surface area contributed by atoms with Crippen molar-refractivity contribution in [2.24, 2.45) is 11.8 Å². The minimum Gasteiger partial charge on any atom is -0.361 e. The Morgan fingerprint density at radius 3 is 1.56 bits per heavy atom. The van der Waals surface area contributed by atoms with Crippen LogP contribution in [-0.4, -0.2) is 34.9 Å². The standard InChI is InChI=1S/C26H28N4O2/c31-25(21-5-7-23-19(13-21)9-11-27-23)29-15-17-1-2-18(4-3-17)16-30-26(32)22-6-8-24-20(14-22)10-12-28-24/h5-14,17-18,27-28H,1-4,15-16H2,(H,29,31)(H,30,32). The Labute approximate surface area is 186 Å². The first-order valence-electron chi connectivity index (χ1n) is 11.4. The molecule has 4 aromatic rings. The average molecular weight is 429 g/mol. The molecule has 0 atom stereocenters. The Morgan fingerprint density at radius 1 is 0.688 bits per heavy atom. The number of amides is 2. The molecule has 0 bridgehead atoms. The summed E-state index contributed by atoms with van der Waals surface area (Å²) in [5.41, 5.74) is 3.48. The van der Waals surface area contributed by atoms with Gasteiger partial charge in [-0.2, -0.15) is 0 Å². The van der Waals surface area contributed by atoms with E-state index < -0.39 is 0 Å². The van der Waals surface area contributed by atoms with Gasteiger partial charge in [0, 0.05) is 58.4 Å². The number of aromatic amines is 2. The quantitative estimate of drug-likeness (QED) is 0.361. The summed E-state index contributed by atoms with van der Waals surface area (Å²) < 4.78 is 0. The first kappa shape index (κ1) is 20.4. The van der Waals surface area contributed by atoms with Crippen molar-refractivity contribution in [1.82, 2.24) is 20.6 Å². The first-order chi connectivity index (χ1) is 15.7. The third kappa shape index (κ3) is 4.40. The zero-order valence-electron chi connectivity index (χ0n) is 18.0. The number of nitrogens with one attached hydrogen (secondary N) is 4. The third-order valence-corrected chi connectivity index (χ3v) is 6.70. The van der Waals surface area contributed by atoms with Gasteiger partial charge < -0.3 is 20.6 Å². The van der Waals surface area contributed by atoms with E-state index in [1.54, 1.807) is 0 Å². The molecule has 2 aromatic heterocycles. The third-order valence-electron chi connectivity index (χ3n) is 6.70. The van der Waals surface area contributed by atoms with Crippen molar-refractivity contribution in [2.45, 2.75) is 25.7 Å². The summed E-state index contributed by atoms with van der Waals surface area (Å²) in [6.45, 7) is 1.42. The fourth-order valence-electron chi connectivity index (χ4n) is 4.71. The van der Waals surface area contributed by atoms with Crippen LogP contribution in [0, 0.1) is 11.8 Å². The van der Waals surface area contributed by atoms with E-state index in [0.29, 0.717) is 36.1 Å². The van der Waals surface area contributed by atoms with E-state index in [0.717, 1.165) is 47.5 Å². The number of rotatable bonds is 6. The second-order valence-electron chi connectivity index (χ2n) is 8.87. The fourth-order valence-corrected chi connectivity index (χ4v) is 4.71. The second kappa shape index (κ2) is 8.91. The Hall–Kier alpha value is -3.54. The molecule has 32 heavy (non-hydrogen) atoms. The monoisotopic (exact) mass is 428 g/mol. The van der Waals surface area contributed by atoms with Gasteiger partial charge in [0.2, 0.25) is 0 Å². The van der Waals surface area contributed by atoms with Crippen molar-refractivity contribution in [1.29, 1.82) is 0 Å². The normalized spacial score (nSPS) is 18.6. The van der Waals surface area contributed by atoms with E-state index in [2.05, 4.69) is 20.6 Å². The molecule has 0 radical (unpaired) electrons. The van der Waals surface area contributed by atoms with Crippen molar-refractivity contribution >= 4 is 33.6 Å². The summed E-state index contributed by atoms with van der Waals surface area (Å²) in [5.74, 6) is 0.972. The number of benzene rings is 2. The first-order valence-corrected chi connectivity index (χ1v) is 11.4. The summed E-state index contributed by atoms with van der Waals surface area (Å²) in [7, 11) is 0. The number of carbonyl (C=O) groups excluding carboxylic acids is 2. The van der Waals surface area contributed by atoms with Gasteiger partial charge in [0.1, 0.15) is 0 Å². The lowest BCUT2D eigenvalue weighted by molar-refractivity contribution is 0.0923. The maximum atomic E-state index is 12.5. The van der Waals surface area contributed by atoms with Gasteiger partial charge in [-0.1, -0.05) is 0 Å². The molecule has 5 rings (SSSR count). The van der Waals surface area contributed by atoms with E-state index in [1.807, 2.05) is 60.9 Å². The van der Waals surface area contributed by atoms with Crippen molar-refractivity contribution in [3.63, 3.8) is 0 Å². The van der Waals surface area contributed by atoms with Crippen molar-refractivity contribution in [2.75, 3.05) is 13.1 Å². The van der Waals surface area contributed by atoms with Crippen LogP contribution in [0.25, 0.3) is 21.8 Å². The van der Waals surface area contributed by atoms with Crippen LogP contribution >= 0.6 is 0 Å². The number of aromatic nitrogens is 2. The van der Waals surface area contributed by atoms with Gasteiger partial charge in [0.25, 0.3) is 11.8 Å². The predicted molar refractivity (Wildman–Crippen MR) is 127 cm³/mol. The molecule has 164 valence electrons. The molecule has 6 heteroatoms. The summed E-state index contributed by atoms with van der Waals surface area (Å²) in [6, 6.07) is 15.4. The molecule has 1 saturated carbocycles. The maximum absolute atomic E-state index is 12.5. The number of hydrogen-bond donors (Lipinski definition) is 4. The van der Waals surface area contributed by atoms with Gasteiger partial charge in [-0.05, 0) is 86.1 Å². The summed E-state index contributed by atoms with van der Waals surface area (Å²) in [5, 5.41) is 8.30. The van der Waals surface area contributed by atoms with Crippen LogP contribution in [-0.2, 0) is 0 Å². The van der Waals surface area contributed by atoms with Crippen molar-refractivity contribution in [3.8, 4) is 0 Å². The topological polar surface area (TPSA) is 89.8 Å². The van der Waals surface area contributed by atoms with Crippen LogP contribution in [0.4, 0.5) is 0 Å². The van der Waals surface area contributed by atoms with Crippen molar-refractivity contribution < 1.29 is 9.59 Å². The summed E-state index contributed by atoms with van der Waals surface area (Å²) >= 11 is 0. The maximum Gasteiger partial charge on any atom is 0.251 e. The molecule has 2 amide bonds. The smallest absolute Gasteiger partial charge is 0.251 e. The highest BCUT2D eigenvalue weighted by molar-refractivity contribution is 5.98. The lowest BCUT2D eigenvalue weighted by Gasteiger charge is -2.28. The Morgan fingerprint density at radius 2 is 1.12 bits per heavy atom. The SMILES string of the molecule is O=C(NCC1CCC(CNC(=O)c2ccc3[nH]ccc3c2)CC1)c1ccc2[nH]ccc2c1. The minimum absolute atomic E-state index is 0.0121. The lowest BCUT2D eigenvalue weighted by atomic mass is 9.82. The molecule has 0 aliphatic heterocycles. The molecule has 2 aromatic carbocycles. The minimum atomic E-state index is -0.0121. The fraction of sp³-hybridized carbons (Fsp3) is 0.308. The van der Waals surface area contributed by atoms with Crippen molar-refractivity contribution in [3.05, 3.63) is 72.1 Å². The molecular formula is C26H28N4O2. The van der Waals surface area contributed by atoms with Gasteiger partial charge in [-0.3, -0.25) is 9.59 Å². The molecule has 2 heterocycles. The van der Waals surface area contributed by atoms with E-state index >= 15 is 0 Å². The Bertz CT molecular complexity index is 1150. The summed E-state index contributed by atoms with van der Waals surface area (Å²) in [6.07, 6.45) is 8.07. The lowest BCUT2D eigenvalue weighted by Crippen LogP contribution is -2.34. The summed E-state index contributed by atoms with van der Waals surface area (Å²) in [4.78, 5) is 31.3. The average Bonchev–Trinajstić information content (AvgIpc) is 3.49. The van der Waals surface area contributed by atoms with Crippen LogP contribution in [0.2, 0.25) is 0 Å². The predicted octanol–water partition coefficient (Wildman–Crippen LogP) is 4.62. The van der Waals surface area contributed by atoms with E-state index in [4.69, 9.17) is 0 Å². The van der Waals surface area contributed by atoms with Crippen LogP contribution in [0.3, 0.4) is 0 Å². The van der Waals surface area contributed by atoms with E-state index in [1.165, 1.54) is 0 Å². The van der Waals surface area contributed by atoms with Gasteiger partial charge >= 0.3 is 0 Å². The molecular weight excluding hydrogens is 400 g/mol. The Balaban J connectivity index is 1.05. The molecule has 0 spiro atoms. The van der Waals surface area contributed by atoms with E-state index in [9.17, 15) is 9.59 Å².